The fraction of sp³-hybridized carbons (Fsp3) is 0.286. The van der Waals surface area contributed by atoms with Gasteiger partial charge in [0, 0.05) is 10.9 Å². The summed E-state index contributed by atoms with van der Waals surface area (Å²) in [7, 11) is 0. The lowest BCUT2D eigenvalue weighted by atomic mass is 10.1. The van der Waals surface area contributed by atoms with Gasteiger partial charge in [0.05, 0.1) is 16.2 Å². The predicted molar refractivity (Wildman–Crippen MR) is 76.4 cm³/mol. The summed E-state index contributed by atoms with van der Waals surface area (Å²) in [5.41, 5.74) is 7.06. The molecular weight excluding hydrogens is 266 g/mol. The highest BCUT2D eigenvalue weighted by Gasteiger charge is 2.12. The first kappa shape index (κ1) is 13.5. The Labute approximate surface area is 117 Å². The molecule has 0 aliphatic carbocycles. The summed E-state index contributed by atoms with van der Waals surface area (Å²) in [5, 5.41) is 0.763. The van der Waals surface area contributed by atoms with E-state index in [4.69, 9.17) is 21.8 Å². The number of furan rings is 1. The normalized spacial score (nSPS) is 12.7. The third-order valence-corrected chi connectivity index (χ3v) is 4.37. The van der Waals surface area contributed by atoms with Crippen LogP contribution in [-0.4, -0.2) is 6.04 Å². The predicted octanol–water partition coefficient (Wildman–Crippen LogP) is 4.28. The van der Waals surface area contributed by atoms with Crippen LogP contribution >= 0.6 is 23.4 Å². The fourth-order valence-electron chi connectivity index (χ4n) is 1.76. The molecule has 0 fully saturated rings. The first-order valence-corrected chi connectivity index (χ1v) is 7.02. The Balaban J connectivity index is 2.34. The second kappa shape index (κ2) is 5.83. The van der Waals surface area contributed by atoms with Gasteiger partial charge in [-0.1, -0.05) is 35.5 Å². The van der Waals surface area contributed by atoms with Gasteiger partial charge in [-0.3, -0.25) is 0 Å². The van der Waals surface area contributed by atoms with Crippen molar-refractivity contribution in [2.75, 3.05) is 0 Å². The third kappa shape index (κ3) is 3.10. The number of halogens is 1. The van der Waals surface area contributed by atoms with Gasteiger partial charge >= 0.3 is 0 Å². The van der Waals surface area contributed by atoms with Crippen molar-refractivity contribution in [2.24, 2.45) is 5.73 Å². The Kier molecular flexibility index (Phi) is 4.38. The van der Waals surface area contributed by atoms with Gasteiger partial charge in [-0.15, -0.1) is 0 Å². The maximum absolute atomic E-state index is 6.29. The van der Waals surface area contributed by atoms with Gasteiger partial charge in [0.15, 0.2) is 0 Å². The quantitative estimate of drug-likeness (QED) is 0.909. The van der Waals surface area contributed by atoms with E-state index in [0.29, 0.717) is 0 Å². The molecule has 2 N–H and O–H groups in total. The van der Waals surface area contributed by atoms with Gasteiger partial charge in [-0.2, -0.15) is 0 Å². The Morgan fingerprint density at radius 1 is 1.39 bits per heavy atom. The average Bonchev–Trinajstić information content (AvgIpc) is 2.68. The van der Waals surface area contributed by atoms with Crippen LogP contribution in [0.5, 0.6) is 0 Å². The summed E-state index contributed by atoms with van der Waals surface area (Å²) in [5.74, 6) is 0.909. The molecule has 1 unspecified atom stereocenters. The van der Waals surface area contributed by atoms with Crippen LogP contribution in [0.15, 0.2) is 44.7 Å². The first-order chi connectivity index (χ1) is 8.58. The Hall–Kier alpha value is -0.900. The summed E-state index contributed by atoms with van der Waals surface area (Å²) >= 11 is 7.92. The topological polar surface area (TPSA) is 39.2 Å². The minimum atomic E-state index is 0.119. The largest absolute Gasteiger partial charge is 0.468 e. The van der Waals surface area contributed by atoms with Crippen LogP contribution in [0.4, 0.5) is 0 Å². The molecule has 0 amide bonds. The van der Waals surface area contributed by atoms with E-state index in [2.05, 4.69) is 6.07 Å². The van der Waals surface area contributed by atoms with Crippen molar-refractivity contribution in [3.63, 3.8) is 0 Å². The number of nitrogens with two attached hydrogens (primary N) is 1. The van der Waals surface area contributed by atoms with Crippen LogP contribution in [0.3, 0.4) is 0 Å². The zero-order valence-electron chi connectivity index (χ0n) is 10.4. The number of benzene rings is 1. The van der Waals surface area contributed by atoms with E-state index in [9.17, 15) is 0 Å². The highest BCUT2D eigenvalue weighted by molar-refractivity contribution is 7.99. The molecule has 0 aliphatic heterocycles. The van der Waals surface area contributed by atoms with Gasteiger partial charge in [0.2, 0.25) is 0 Å². The second-order valence-corrected chi connectivity index (χ2v) is 5.81. The van der Waals surface area contributed by atoms with Crippen molar-refractivity contribution in [3.8, 4) is 0 Å². The molecule has 4 heteroatoms. The molecule has 0 aliphatic rings. The highest BCUT2D eigenvalue weighted by Crippen LogP contribution is 2.38. The maximum atomic E-state index is 6.29. The number of hydrogen-bond donors (Lipinski definition) is 1. The minimum absolute atomic E-state index is 0.119. The van der Waals surface area contributed by atoms with Crippen molar-refractivity contribution in [1.82, 2.24) is 0 Å². The molecule has 2 rings (SSSR count). The summed E-state index contributed by atoms with van der Waals surface area (Å²) in [6.07, 6.45) is 2.51. The first-order valence-electron chi connectivity index (χ1n) is 5.83. The lowest BCUT2D eigenvalue weighted by Crippen LogP contribution is -2.18. The second-order valence-electron chi connectivity index (χ2n) is 4.35. The highest BCUT2D eigenvalue weighted by atomic mass is 35.5. The molecule has 0 radical (unpaired) electrons. The summed E-state index contributed by atoms with van der Waals surface area (Å²) in [4.78, 5) is 2.16. The van der Waals surface area contributed by atoms with Crippen LogP contribution in [0, 0.1) is 6.92 Å². The fourth-order valence-corrected chi connectivity index (χ4v) is 3.06. The monoisotopic (exact) mass is 281 g/mol. The van der Waals surface area contributed by atoms with Crippen molar-refractivity contribution in [3.05, 3.63) is 46.9 Å². The molecule has 0 bridgehead atoms. The van der Waals surface area contributed by atoms with E-state index in [1.807, 2.05) is 32.0 Å². The molecule has 1 heterocycles. The van der Waals surface area contributed by atoms with Crippen molar-refractivity contribution >= 4 is 23.4 Å². The third-order valence-electron chi connectivity index (χ3n) is 2.61. The SMILES string of the molecule is Cc1occc1Sc1c(Cl)cccc1CC(C)N. The molecule has 1 aromatic heterocycles. The van der Waals surface area contributed by atoms with Gasteiger partial charge in [-0.05, 0) is 38.0 Å². The van der Waals surface area contributed by atoms with Gasteiger partial charge in [-0.25, -0.2) is 0 Å². The van der Waals surface area contributed by atoms with Crippen LogP contribution in [0.1, 0.15) is 18.2 Å². The lowest BCUT2D eigenvalue weighted by molar-refractivity contribution is 0.527. The molecule has 2 nitrogen and oxygen atoms in total. The van der Waals surface area contributed by atoms with E-state index >= 15 is 0 Å². The molecular formula is C14H16ClNOS. The molecule has 0 saturated carbocycles. The number of hydrogen-bond acceptors (Lipinski definition) is 3. The average molecular weight is 282 g/mol. The standard InChI is InChI=1S/C14H16ClNOS/c1-9(16)8-11-4-3-5-12(15)14(11)18-13-6-7-17-10(13)2/h3-7,9H,8,16H2,1-2H3. The van der Waals surface area contributed by atoms with Crippen molar-refractivity contribution in [1.29, 1.82) is 0 Å². The molecule has 0 saturated heterocycles. The lowest BCUT2D eigenvalue weighted by Gasteiger charge is -2.12. The van der Waals surface area contributed by atoms with Crippen LogP contribution in [0.2, 0.25) is 5.02 Å². The number of rotatable bonds is 4. The molecule has 18 heavy (non-hydrogen) atoms. The zero-order valence-corrected chi connectivity index (χ0v) is 12.0. The van der Waals surface area contributed by atoms with Crippen LogP contribution < -0.4 is 5.73 Å². The smallest absolute Gasteiger partial charge is 0.114 e. The zero-order chi connectivity index (χ0) is 13.1. The Bertz CT molecular complexity index is 536. The van der Waals surface area contributed by atoms with E-state index in [0.717, 1.165) is 27.0 Å². The summed E-state index contributed by atoms with van der Waals surface area (Å²) in [6.45, 7) is 3.95. The van der Waals surface area contributed by atoms with Crippen molar-refractivity contribution < 1.29 is 4.42 Å². The number of aryl methyl sites for hydroxylation is 1. The molecule has 2 aromatic rings. The van der Waals surface area contributed by atoms with Crippen LogP contribution in [0.25, 0.3) is 0 Å². The van der Waals surface area contributed by atoms with Crippen LogP contribution in [-0.2, 0) is 6.42 Å². The molecule has 1 atom stereocenters. The van der Waals surface area contributed by atoms with Gasteiger partial charge in [0.1, 0.15) is 5.76 Å². The molecule has 1 aromatic carbocycles. The van der Waals surface area contributed by atoms with E-state index in [-0.39, 0.29) is 6.04 Å². The maximum Gasteiger partial charge on any atom is 0.114 e. The summed E-state index contributed by atoms with van der Waals surface area (Å²) in [6, 6.07) is 8.02. The van der Waals surface area contributed by atoms with Crippen molar-refractivity contribution in [2.45, 2.75) is 36.1 Å². The summed E-state index contributed by atoms with van der Waals surface area (Å²) < 4.78 is 5.31. The van der Waals surface area contributed by atoms with Gasteiger partial charge < -0.3 is 10.2 Å². The van der Waals surface area contributed by atoms with E-state index in [1.165, 1.54) is 5.56 Å². The van der Waals surface area contributed by atoms with E-state index in [1.54, 1.807) is 18.0 Å². The van der Waals surface area contributed by atoms with Gasteiger partial charge in [0.25, 0.3) is 0 Å². The Morgan fingerprint density at radius 3 is 2.78 bits per heavy atom. The Morgan fingerprint density at radius 2 is 2.17 bits per heavy atom. The van der Waals surface area contributed by atoms with E-state index < -0.39 is 0 Å². The molecule has 96 valence electrons. The minimum Gasteiger partial charge on any atom is -0.468 e. The molecule has 0 spiro atoms.